The normalized spacial score (nSPS) is 20.3. The van der Waals surface area contributed by atoms with E-state index in [0.29, 0.717) is 0 Å². The Morgan fingerprint density at radius 3 is 2.56 bits per heavy atom. The third kappa shape index (κ3) is 3.55. The fraction of sp³-hybridized carbons (Fsp3) is 0.857. The second kappa shape index (κ2) is 6.32. The molecule has 0 atom stereocenters. The molecule has 0 spiro atoms. The van der Waals surface area contributed by atoms with Gasteiger partial charge in [0.25, 0.3) is 0 Å². The monoisotopic (exact) mass is 250 g/mol. The Morgan fingerprint density at radius 1 is 1.22 bits per heavy atom. The minimum absolute atomic E-state index is 0.0566. The van der Waals surface area contributed by atoms with Crippen molar-refractivity contribution in [3.63, 3.8) is 0 Å². The summed E-state index contributed by atoms with van der Waals surface area (Å²) in [5.74, 6) is 1.07. The highest BCUT2D eigenvalue weighted by atomic mass is 15.3. The molecule has 1 saturated carbocycles. The van der Waals surface area contributed by atoms with Gasteiger partial charge in [0, 0.05) is 18.5 Å². The Labute approximate surface area is 110 Å². The summed E-state index contributed by atoms with van der Waals surface area (Å²) in [6.45, 7) is 3.12. The highest BCUT2D eigenvalue weighted by Gasteiger charge is 2.27. The maximum Gasteiger partial charge on any atom is 0.138 e. The van der Waals surface area contributed by atoms with E-state index >= 15 is 0 Å². The van der Waals surface area contributed by atoms with Crippen LogP contribution in [0.4, 0.5) is 0 Å². The summed E-state index contributed by atoms with van der Waals surface area (Å²) in [5.41, 5.74) is 6.55. The van der Waals surface area contributed by atoms with Gasteiger partial charge >= 0.3 is 0 Å². The zero-order chi connectivity index (χ0) is 12.8. The third-order valence-corrected chi connectivity index (χ3v) is 3.99. The Balaban J connectivity index is 2.02. The molecule has 0 radical (unpaired) electrons. The molecular formula is C14H26N4. The number of aromatic nitrogens is 3. The topological polar surface area (TPSA) is 56.7 Å². The van der Waals surface area contributed by atoms with Gasteiger partial charge in [-0.3, -0.25) is 4.68 Å². The summed E-state index contributed by atoms with van der Waals surface area (Å²) in [4.78, 5) is 4.40. The zero-order valence-electron chi connectivity index (χ0n) is 11.6. The van der Waals surface area contributed by atoms with Crippen LogP contribution in [0.5, 0.6) is 0 Å². The van der Waals surface area contributed by atoms with Gasteiger partial charge in [0.15, 0.2) is 0 Å². The highest BCUT2D eigenvalue weighted by Crippen LogP contribution is 2.26. The molecule has 0 amide bonds. The van der Waals surface area contributed by atoms with Crippen LogP contribution in [0.1, 0.15) is 64.1 Å². The minimum atomic E-state index is -0.0566. The third-order valence-electron chi connectivity index (χ3n) is 3.99. The van der Waals surface area contributed by atoms with Crippen molar-refractivity contribution in [3.8, 4) is 0 Å². The predicted molar refractivity (Wildman–Crippen MR) is 73.3 cm³/mol. The molecule has 1 aliphatic rings. The van der Waals surface area contributed by atoms with Gasteiger partial charge in [0.2, 0.25) is 0 Å². The SMILES string of the molecule is CCCn1ncnc1CC1(N)CCCCCCC1. The number of aryl methyl sites for hydroxylation is 1. The first-order valence-electron chi connectivity index (χ1n) is 7.39. The second-order valence-electron chi connectivity index (χ2n) is 5.71. The lowest BCUT2D eigenvalue weighted by molar-refractivity contribution is 0.305. The second-order valence-corrected chi connectivity index (χ2v) is 5.71. The van der Waals surface area contributed by atoms with Crippen molar-refractivity contribution in [2.75, 3.05) is 0 Å². The quantitative estimate of drug-likeness (QED) is 0.893. The van der Waals surface area contributed by atoms with Crippen molar-refractivity contribution in [1.82, 2.24) is 14.8 Å². The zero-order valence-corrected chi connectivity index (χ0v) is 11.6. The highest BCUT2D eigenvalue weighted by molar-refractivity contribution is 4.98. The summed E-state index contributed by atoms with van der Waals surface area (Å²) < 4.78 is 2.02. The Kier molecular flexibility index (Phi) is 4.75. The molecule has 2 N–H and O–H groups in total. The summed E-state index contributed by atoms with van der Waals surface area (Å²) in [5, 5.41) is 4.29. The van der Waals surface area contributed by atoms with Gasteiger partial charge in [0.05, 0.1) is 0 Å². The van der Waals surface area contributed by atoms with Crippen molar-refractivity contribution in [3.05, 3.63) is 12.2 Å². The van der Waals surface area contributed by atoms with Crippen LogP contribution in [-0.4, -0.2) is 20.3 Å². The smallest absolute Gasteiger partial charge is 0.138 e. The molecule has 102 valence electrons. The molecule has 4 nitrogen and oxygen atoms in total. The standard InChI is InChI=1S/C14H26N4/c1-2-10-18-13(16-12-17-18)11-14(15)8-6-4-3-5-7-9-14/h12H,2-11,15H2,1H3. The first-order valence-corrected chi connectivity index (χ1v) is 7.39. The molecule has 1 aliphatic carbocycles. The van der Waals surface area contributed by atoms with Gasteiger partial charge in [-0.15, -0.1) is 0 Å². The van der Waals surface area contributed by atoms with E-state index in [1.54, 1.807) is 6.33 Å². The van der Waals surface area contributed by atoms with Gasteiger partial charge < -0.3 is 5.73 Å². The Bertz CT molecular complexity index is 350. The average Bonchev–Trinajstić information content (AvgIpc) is 2.73. The summed E-state index contributed by atoms with van der Waals surface area (Å²) in [6.07, 6.45) is 12.5. The summed E-state index contributed by atoms with van der Waals surface area (Å²) >= 11 is 0. The van der Waals surface area contributed by atoms with Crippen LogP contribution in [-0.2, 0) is 13.0 Å². The molecule has 1 fully saturated rings. The van der Waals surface area contributed by atoms with Crippen LogP contribution in [0.2, 0.25) is 0 Å². The average molecular weight is 250 g/mol. The molecule has 4 heteroatoms. The molecular weight excluding hydrogens is 224 g/mol. The Hall–Kier alpha value is -0.900. The van der Waals surface area contributed by atoms with Crippen molar-refractivity contribution in [2.45, 2.75) is 76.8 Å². The van der Waals surface area contributed by atoms with Crippen LogP contribution >= 0.6 is 0 Å². The van der Waals surface area contributed by atoms with E-state index in [9.17, 15) is 0 Å². The van der Waals surface area contributed by atoms with Gasteiger partial charge in [-0.2, -0.15) is 5.10 Å². The van der Waals surface area contributed by atoms with Gasteiger partial charge in [0.1, 0.15) is 12.2 Å². The molecule has 0 saturated heterocycles. The van der Waals surface area contributed by atoms with Gasteiger partial charge in [-0.05, 0) is 19.3 Å². The van der Waals surface area contributed by atoms with E-state index in [1.807, 2.05) is 4.68 Å². The van der Waals surface area contributed by atoms with Crippen LogP contribution in [0.15, 0.2) is 6.33 Å². The lowest BCUT2D eigenvalue weighted by Crippen LogP contribution is -2.43. The molecule has 0 aliphatic heterocycles. The lowest BCUT2D eigenvalue weighted by atomic mass is 9.82. The van der Waals surface area contributed by atoms with E-state index in [2.05, 4.69) is 17.0 Å². The van der Waals surface area contributed by atoms with E-state index in [4.69, 9.17) is 5.73 Å². The number of nitrogens with zero attached hydrogens (tertiary/aromatic N) is 3. The van der Waals surface area contributed by atoms with Gasteiger partial charge in [-0.1, -0.05) is 39.0 Å². The van der Waals surface area contributed by atoms with Crippen LogP contribution in [0, 0.1) is 0 Å². The predicted octanol–water partition coefficient (Wildman–Crippen LogP) is 2.67. The fourth-order valence-corrected chi connectivity index (χ4v) is 2.92. The molecule has 0 bridgehead atoms. The van der Waals surface area contributed by atoms with E-state index < -0.39 is 0 Å². The van der Waals surface area contributed by atoms with E-state index in [0.717, 1.165) is 38.1 Å². The van der Waals surface area contributed by atoms with Crippen LogP contribution in [0.25, 0.3) is 0 Å². The molecule has 0 aromatic carbocycles. The van der Waals surface area contributed by atoms with Crippen LogP contribution < -0.4 is 5.73 Å². The maximum atomic E-state index is 6.60. The van der Waals surface area contributed by atoms with Crippen molar-refractivity contribution in [2.24, 2.45) is 5.73 Å². The largest absolute Gasteiger partial charge is 0.325 e. The van der Waals surface area contributed by atoms with E-state index in [1.165, 1.54) is 32.1 Å². The molecule has 18 heavy (non-hydrogen) atoms. The first kappa shape index (κ1) is 13.5. The van der Waals surface area contributed by atoms with Crippen molar-refractivity contribution < 1.29 is 0 Å². The summed E-state index contributed by atoms with van der Waals surface area (Å²) in [6, 6.07) is 0. The van der Waals surface area contributed by atoms with E-state index in [-0.39, 0.29) is 5.54 Å². The van der Waals surface area contributed by atoms with Crippen molar-refractivity contribution in [1.29, 1.82) is 0 Å². The first-order chi connectivity index (χ1) is 8.73. The summed E-state index contributed by atoms with van der Waals surface area (Å²) in [7, 11) is 0. The molecule has 1 aromatic heterocycles. The molecule has 0 unspecified atom stereocenters. The number of hydrogen-bond donors (Lipinski definition) is 1. The number of nitrogens with two attached hydrogens (primary N) is 1. The van der Waals surface area contributed by atoms with Crippen molar-refractivity contribution >= 4 is 0 Å². The molecule has 1 aromatic rings. The number of rotatable bonds is 4. The molecule has 1 heterocycles. The van der Waals surface area contributed by atoms with Gasteiger partial charge in [-0.25, -0.2) is 4.98 Å². The lowest BCUT2D eigenvalue weighted by Gasteiger charge is -2.31. The van der Waals surface area contributed by atoms with Crippen LogP contribution in [0.3, 0.4) is 0 Å². The Morgan fingerprint density at radius 2 is 1.89 bits per heavy atom. The fourth-order valence-electron chi connectivity index (χ4n) is 2.92. The molecule has 2 rings (SSSR count). The minimum Gasteiger partial charge on any atom is -0.325 e. The number of hydrogen-bond acceptors (Lipinski definition) is 3. The maximum absolute atomic E-state index is 6.60.